The molecule has 0 saturated heterocycles. The number of nitrogens with zero attached hydrogens (tertiary/aromatic N) is 2. The fraction of sp³-hybridized carbons (Fsp3) is 0.286. The standard InChI is InChI=1S/C14H15F2N3S/c1-3-6-17-14-18-9(2)7-13(19-14)20-12-8-10(15)4-5-11(12)16/h4-5,7-8H,3,6H2,1-2H3,(H,17,18,19). The third kappa shape index (κ3) is 3.90. The van der Waals surface area contributed by atoms with Crippen LogP contribution in [-0.2, 0) is 0 Å². The van der Waals surface area contributed by atoms with Gasteiger partial charge in [-0.2, -0.15) is 0 Å². The highest BCUT2D eigenvalue weighted by molar-refractivity contribution is 7.99. The number of hydrogen-bond acceptors (Lipinski definition) is 4. The van der Waals surface area contributed by atoms with E-state index in [4.69, 9.17) is 0 Å². The summed E-state index contributed by atoms with van der Waals surface area (Å²) >= 11 is 1.08. The Hall–Kier alpha value is -1.69. The molecule has 0 fully saturated rings. The first-order valence-corrected chi connectivity index (χ1v) is 7.12. The minimum absolute atomic E-state index is 0.213. The van der Waals surface area contributed by atoms with E-state index >= 15 is 0 Å². The summed E-state index contributed by atoms with van der Waals surface area (Å²) in [5.41, 5.74) is 0.776. The first-order chi connectivity index (χ1) is 9.58. The van der Waals surface area contributed by atoms with Crippen LogP contribution in [0.2, 0.25) is 0 Å². The molecule has 0 atom stereocenters. The van der Waals surface area contributed by atoms with Gasteiger partial charge in [0.15, 0.2) is 0 Å². The van der Waals surface area contributed by atoms with E-state index in [1.54, 1.807) is 6.07 Å². The molecule has 6 heteroatoms. The average Bonchev–Trinajstić information content (AvgIpc) is 2.40. The molecule has 0 unspecified atom stereocenters. The molecule has 0 saturated carbocycles. The monoisotopic (exact) mass is 295 g/mol. The maximum absolute atomic E-state index is 13.6. The molecule has 2 aromatic rings. The van der Waals surface area contributed by atoms with Crippen LogP contribution in [0.1, 0.15) is 19.0 Å². The SMILES string of the molecule is CCCNc1nc(C)cc(Sc2cc(F)ccc2F)n1. The Morgan fingerprint density at radius 1 is 1.20 bits per heavy atom. The van der Waals surface area contributed by atoms with Crippen molar-refractivity contribution in [3.8, 4) is 0 Å². The Balaban J connectivity index is 2.24. The number of halogens is 2. The summed E-state index contributed by atoms with van der Waals surface area (Å²) in [6.07, 6.45) is 0.957. The van der Waals surface area contributed by atoms with Crippen LogP contribution in [0.15, 0.2) is 34.2 Å². The van der Waals surface area contributed by atoms with Crippen molar-refractivity contribution in [3.05, 3.63) is 41.6 Å². The molecule has 0 aliphatic heterocycles. The summed E-state index contributed by atoms with van der Waals surface area (Å²) in [6.45, 7) is 4.65. The van der Waals surface area contributed by atoms with Gasteiger partial charge in [-0.05, 0) is 37.6 Å². The second kappa shape index (κ2) is 6.65. The van der Waals surface area contributed by atoms with Gasteiger partial charge in [-0.1, -0.05) is 18.7 Å². The summed E-state index contributed by atoms with van der Waals surface area (Å²) in [4.78, 5) is 8.75. The lowest BCUT2D eigenvalue weighted by Gasteiger charge is -2.07. The lowest BCUT2D eigenvalue weighted by atomic mass is 10.3. The van der Waals surface area contributed by atoms with Gasteiger partial charge in [0.1, 0.15) is 16.7 Å². The Labute approximate surface area is 120 Å². The van der Waals surface area contributed by atoms with Gasteiger partial charge < -0.3 is 5.32 Å². The first kappa shape index (κ1) is 14.7. The smallest absolute Gasteiger partial charge is 0.223 e. The minimum Gasteiger partial charge on any atom is -0.354 e. The van der Waals surface area contributed by atoms with Gasteiger partial charge in [-0.15, -0.1) is 0 Å². The zero-order valence-corrected chi connectivity index (χ0v) is 12.1. The number of hydrogen-bond donors (Lipinski definition) is 1. The minimum atomic E-state index is -0.469. The van der Waals surface area contributed by atoms with Gasteiger partial charge in [0, 0.05) is 12.2 Å². The van der Waals surface area contributed by atoms with E-state index in [1.807, 2.05) is 13.8 Å². The van der Waals surface area contributed by atoms with Crippen LogP contribution in [0.4, 0.5) is 14.7 Å². The normalized spacial score (nSPS) is 10.6. The first-order valence-electron chi connectivity index (χ1n) is 6.31. The van der Waals surface area contributed by atoms with E-state index in [2.05, 4.69) is 15.3 Å². The lowest BCUT2D eigenvalue weighted by molar-refractivity contribution is 0.577. The summed E-state index contributed by atoms with van der Waals surface area (Å²) < 4.78 is 26.8. The number of nitrogens with one attached hydrogen (secondary N) is 1. The van der Waals surface area contributed by atoms with E-state index < -0.39 is 11.6 Å². The van der Waals surface area contributed by atoms with Crippen LogP contribution >= 0.6 is 11.8 Å². The molecule has 1 N–H and O–H groups in total. The van der Waals surface area contributed by atoms with Crippen molar-refractivity contribution >= 4 is 17.7 Å². The molecule has 106 valence electrons. The molecular weight excluding hydrogens is 280 g/mol. The molecule has 1 aromatic heterocycles. The van der Waals surface area contributed by atoms with E-state index in [1.165, 1.54) is 0 Å². The molecular formula is C14H15F2N3S. The van der Waals surface area contributed by atoms with Crippen molar-refractivity contribution in [1.29, 1.82) is 0 Å². The molecule has 0 spiro atoms. The van der Waals surface area contributed by atoms with E-state index in [-0.39, 0.29) is 4.90 Å². The van der Waals surface area contributed by atoms with E-state index in [9.17, 15) is 8.78 Å². The molecule has 1 aromatic carbocycles. The molecule has 0 aliphatic rings. The van der Waals surface area contributed by atoms with Crippen LogP contribution in [0.5, 0.6) is 0 Å². The number of benzene rings is 1. The molecule has 1 heterocycles. The van der Waals surface area contributed by atoms with Crippen molar-refractivity contribution in [3.63, 3.8) is 0 Å². The Morgan fingerprint density at radius 3 is 2.75 bits per heavy atom. The van der Waals surface area contributed by atoms with Gasteiger partial charge in [0.25, 0.3) is 0 Å². The highest BCUT2D eigenvalue weighted by atomic mass is 32.2. The summed E-state index contributed by atoms with van der Waals surface area (Å²) in [5, 5.41) is 3.67. The average molecular weight is 295 g/mol. The van der Waals surface area contributed by atoms with Crippen LogP contribution in [0, 0.1) is 18.6 Å². The third-order valence-electron chi connectivity index (χ3n) is 2.47. The fourth-order valence-corrected chi connectivity index (χ4v) is 2.50. The number of rotatable bonds is 5. The second-order valence-corrected chi connectivity index (χ2v) is 5.34. The summed E-state index contributed by atoms with van der Waals surface area (Å²) in [6, 6.07) is 5.11. The number of anilines is 1. The quantitative estimate of drug-likeness (QED) is 0.845. The van der Waals surface area contributed by atoms with Gasteiger partial charge >= 0.3 is 0 Å². The van der Waals surface area contributed by atoms with Crippen molar-refractivity contribution in [2.24, 2.45) is 0 Å². The van der Waals surface area contributed by atoms with Crippen molar-refractivity contribution < 1.29 is 8.78 Å². The van der Waals surface area contributed by atoms with Crippen LogP contribution in [0.3, 0.4) is 0 Å². The molecule has 3 nitrogen and oxygen atoms in total. The van der Waals surface area contributed by atoms with E-state index in [0.29, 0.717) is 11.0 Å². The Morgan fingerprint density at radius 2 is 2.00 bits per heavy atom. The Bertz CT molecular complexity index is 605. The second-order valence-electron chi connectivity index (χ2n) is 4.27. The maximum atomic E-state index is 13.6. The van der Waals surface area contributed by atoms with Gasteiger partial charge in [0.05, 0.1) is 4.90 Å². The van der Waals surface area contributed by atoms with Crippen LogP contribution < -0.4 is 5.32 Å². The van der Waals surface area contributed by atoms with Crippen molar-refractivity contribution in [2.45, 2.75) is 30.2 Å². The number of aromatic nitrogens is 2. The molecule has 20 heavy (non-hydrogen) atoms. The van der Waals surface area contributed by atoms with Gasteiger partial charge in [0.2, 0.25) is 5.95 Å². The maximum Gasteiger partial charge on any atom is 0.223 e. The summed E-state index contributed by atoms with van der Waals surface area (Å²) in [5.74, 6) is -0.425. The predicted octanol–water partition coefficient (Wildman–Crippen LogP) is 4.04. The van der Waals surface area contributed by atoms with Gasteiger partial charge in [-0.3, -0.25) is 0 Å². The highest BCUT2D eigenvalue weighted by Gasteiger charge is 2.09. The zero-order valence-electron chi connectivity index (χ0n) is 11.3. The fourth-order valence-electron chi connectivity index (χ4n) is 1.58. The summed E-state index contributed by atoms with van der Waals surface area (Å²) in [7, 11) is 0. The molecule has 0 aliphatic carbocycles. The molecule has 0 radical (unpaired) electrons. The zero-order chi connectivity index (χ0) is 14.5. The van der Waals surface area contributed by atoms with Crippen molar-refractivity contribution in [2.75, 3.05) is 11.9 Å². The third-order valence-corrected chi connectivity index (χ3v) is 3.42. The predicted molar refractivity (Wildman–Crippen MR) is 76.0 cm³/mol. The van der Waals surface area contributed by atoms with Crippen LogP contribution in [0.25, 0.3) is 0 Å². The highest BCUT2D eigenvalue weighted by Crippen LogP contribution is 2.29. The molecule has 0 bridgehead atoms. The largest absolute Gasteiger partial charge is 0.354 e. The Kier molecular flexibility index (Phi) is 4.89. The van der Waals surface area contributed by atoms with E-state index in [0.717, 1.165) is 48.6 Å². The molecule has 0 amide bonds. The van der Waals surface area contributed by atoms with Gasteiger partial charge in [-0.25, -0.2) is 18.7 Å². The van der Waals surface area contributed by atoms with Crippen LogP contribution in [-0.4, -0.2) is 16.5 Å². The topological polar surface area (TPSA) is 37.8 Å². The lowest BCUT2D eigenvalue weighted by Crippen LogP contribution is -2.05. The number of aryl methyl sites for hydroxylation is 1. The molecule has 2 rings (SSSR count). The van der Waals surface area contributed by atoms with Crippen molar-refractivity contribution in [1.82, 2.24) is 9.97 Å².